The average Bonchev–Trinajstić information content (AvgIpc) is 3.49. The normalized spacial score (nSPS) is 15.7. The van der Waals surface area contributed by atoms with Gasteiger partial charge in [-0.25, -0.2) is 9.78 Å². The van der Waals surface area contributed by atoms with Crippen molar-refractivity contribution in [2.45, 2.75) is 39.5 Å². The number of carboxylic acid groups (broad SMARTS) is 1. The van der Waals surface area contributed by atoms with Gasteiger partial charge in [0.2, 0.25) is 0 Å². The van der Waals surface area contributed by atoms with Gasteiger partial charge in [-0.1, -0.05) is 38.1 Å². The molecule has 0 saturated heterocycles. The van der Waals surface area contributed by atoms with Crippen molar-refractivity contribution in [1.82, 2.24) is 4.98 Å². The second-order valence-corrected chi connectivity index (χ2v) is 10.6. The van der Waals surface area contributed by atoms with Crippen molar-refractivity contribution in [3.8, 4) is 17.0 Å². The van der Waals surface area contributed by atoms with Gasteiger partial charge in [0.1, 0.15) is 11.6 Å². The summed E-state index contributed by atoms with van der Waals surface area (Å²) < 4.78 is 5.68. The zero-order chi connectivity index (χ0) is 24.1. The van der Waals surface area contributed by atoms with Gasteiger partial charge < -0.3 is 15.2 Å². The maximum atomic E-state index is 12.0. The van der Waals surface area contributed by atoms with Crippen molar-refractivity contribution in [3.05, 3.63) is 63.2 Å². The van der Waals surface area contributed by atoms with Crippen LogP contribution in [-0.2, 0) is 11.2 Å². The molecular weight excluding hydrogens is 466 g/mol. The lowest BCUT2D eigenvalue weighted by Crippen LogP contribution is -2.25. The molecule has 6 nitrogen and oxygen atoms in total. The maximum Gasteiger partial charge on any atom is 0.339 e. The number of carboxylic acids is 1. The predicted octanol–water partition coefficient (Wildman–Crippen LogP) is 6.48. The third-order valence-electron chi connectivity index (χ3n) is 5.50. The SMILES string of the molecule is CCOc1cccc(-c2nc(NC3=NCC(c4cccs4)C=C3C(=O)O)sc2CCC(C)C)c1. The van der Waals surface area contributed by atoms with Crippen LogP contribution in [0.3, 0.4) is 0 Å². The molecule has 1 aromatic carbocycles. The summed E-state index contributed by atoms with van der Waals surface area (Å²) in [7, 11) is 0. The van der Waals surface area contributed by atoms with E-state index < -0.39 is 5.97 Å². The fourth-order valence-corrected chi connectivity index (χ4v) is 5.57. The highest BCUT2D eigenvalue weighted by molar-refractivity contribution is 7.16. The number of rotatable bonds is 9. The molecule has 0 bridgehead atoms. The van der Waals surface area contributed by atoms with Crippen molar-refractivity contribution < 1.29 is 14.6 Å². The number of amidine groups is 1. The molecule has 178 valence electrons. The number of hydrogen-bond donors (Lipinski definition) is 2. The van der Waals surface area contributed by atoms with Crippen molar-refractivity contribution in [2.24, 2.45) is 10.9 Å². The molecule has 2 N–H and O–H groups in total. The summed E-state index contributed by atoms with van der Waals surface area (Å²) in [6.07, 6.45) is 3.74. The number of hydrogen-bond acceptors (Lipinski definition) is 7. The largest absolute Gasteiger partial charge is 0.494 e. The van der Waals surface area contributed by atoms with Gasteiger partial charge in [0.05, 0.1) is 24.4 Å². The smallest absolute Gasteiger partial charge is 0.339 e. The Bertz CT molecular complexity index is 1200. The molecule has 1 unspecified atom stereocenters. The Hall–Kier alpha value is -2.97. The molecule has 34 heavy (non-hydrogen) atoms. The second-order valence-electron chi connectivity index (χ2n) is 8.51. The van der Waals surface area contributed by atoms with Crippen LogP contribution in [0.4, 0.5) is 5.13 Å². The first-order valence-corrected chi connectivity index (χ1v) is 13.2. The number of carbonyl (C=O) groups is 1. The lowest BCUT2D eigenvalue weighted by Gasteiger charge is -2.18. The standard InChI is InChI=1S/C26H29N3O3S2/c1-4-32-19-8-5-7-17(13-19)23-22(11-10-16(2)3)34-26(28-23)29-24-20(25(30)31)14-18(15-27-24)21-9-6-12-33-21/h5-9,12-14,16,18H,4,10-11,15H2,1-3H3,(H,30,31)(H,27,28,29). The highest BCUT2D eigenvalue weighted by Crippen LogP contribution is 2.35. The van der Waals surface area contributed by atoms with E-state index in [2.05, 4.69) is 24.2 Å². The Morgan fingerprint density at radius 1 is 1.29 bits per heavy atom. The van der Waals surface area contributed by atoms with Crippen molar-refractivity contribution in [1.29, 1.82) is 0 Å². The average molecular weight is 496 g/mol. The molecule has 0 saturated carbocycles. The van der Waals surface area contributed by atoms with Crippen molar-refractivity contribution >= 4 is 39.6 Å². The number of aliphatic imine (C=N–C) groups is 1. The number of aliphatic carboxylic acids is 1. The molecule has 1 aliphatic rings. The van der Waals surface area contributed by atoms with Crippen LogP contribution in [0.25, 0.3) is 11.3 Å². The number of thiophene rings is 1. The number of ether oxygens (including phenoxy) is 1. The first kappa shape index (κ1) is 24.2. The Kier molecular flexibility index (Phi) is 7.80. The molecule has 8 heteroatoms. The zero-order valence-corrected chi connectivity index (χ0v) is 21.2. The van der Waals surface area contributed by atoms with Crippen LogP contribution >= 0.6 is 22.7 Å². The number of aromatic nitrogens is 1. The number of benzene rings is 1. The highest BCUT2D eigenvalue weighted by Gasteiger charge is 2.25. The molecule has 3 aromatic rings. The summed E-state index contributed by atoms with van der Waals surface area (Å²) in [4.78, 5) is 23.8. The molecule has 3 heterocycles. The Morgan fingerprint density at radius 3 is 2.85 bits per heavy atom. The fourth-order valence-electron chi connectivity index (χ4n) is 3.78. The van der Waals surface area contributed by atoms with E-state index in [1.165, 1.54) is 4.88 Å². The number of nitrogens with zero attached hydrogens (tertiary/aromatic N) is 2. The molecule has 4 rings (SSSR count). The van der Waals surface area contributed by atoms with Gasteiger partial charge in [0.25, 0.3) is 0 Å². The quantitative estimate of drug-likeness (QED) is 0.355. The first-order valence-electron chi connectivity index (χ1n) is 11.5. The summed E-state index contributed by atoms with van der Waals surface area (Å²) in [6, 6.07) is 11.9. The molecule has 0 amide bonds. The van der Waals surface area contributed by atoms with E-state index >= 15 is 0 Å². The number of dihydropyridines is 1. The van der Waals surface area contributed by atoms with Crippen molar-refractivity contribution in [2.75, 3.05) is 18.5 Å². The first-order chi connectivity index (χ1) is 16.4. The Balaban J connectivity index is 1.63. The monoisotopic (exact) mass is 495 g/mol. The lowest BCUT2D eigenvalue weighted by atomic mass is 10.0. The van der Waals surface area contributed by atoms with Crippen LogP contribution in [0, 0.1) is 5.92 Å². The molecule has 0 spiro atoms. The Labute approximate surface area is 208 Å². The number of anilines is 1. The summed E-state index contributed by atoms with van der Waals surface area (Å²) in [5.74, 6) is 0.725. The minimum atomic E-state index is -0.992. The van der Waals surface area contributed by atoms with Gasteiger partial charge in [-0.05, 0) is 49.3 Å². The number of nitrogens with one attached hydrogen (secondary N) is 1. The third kappa shape index (κ3) is 5.74. The summed E-state index contributed by atoms with van der Waals surface area (Å²) in [5, 5.41) is 15.7. The fraction of sp³-hybridized carbons (Fsp3) is 0.346. The summed E-state index contributed by atoms with van der Waals surface area (Å²) in [6.45, 7) is 7.49. The third-order valence-corrected chi connectivity index (χ3v) is 7.53. The van der Waals surface area contributed by atoms with E-state index in [4.69, 9.17) is 9.72 Å². The molecule has 1 atom stereocenters. The van der Waals surface area contributed by atoms with Gasteiger partial charge >= 0.3 is 5.97 Å². The minimum Gasteiger partial charge on any atom is -0.494 e. The number of thiazole rings is 1. The van der Waals surface area contributed by atoms with Gasteiger partial charge in [-0.15, -0.1) is 22.7 Å². The van der Waals surface area contributed by atoms with Gasteiger partial charge in [-0.3, -0.25) is 4.99 Å². The van der Waals surface area contributed by atoms with Crippen molar-refractivity contribution in [3.63, 3.8) is 0 Å². The number of aryl methyl sites for hydroxylation is 1. The van der Waals surface area contributed by atoms with Gasteiger partial charge in [0, 0.05) is 21.2 Å². The van der Waals surface area contributed by atoms with Crippen LogP contribution in [0.15, 0.2) is 58.4 Å². The lowest BCUT2D eigenvalue weighted by molar-refractivity contribution is -0.132. The van der Waals surface area contributed by atoms with Gasteiger partial charge in [-0.2, -0.15) is 0 Å². The molecule has 0 fully saturated rings. The van der Waals surface area contributed by atoms with E-state index in [0.29, 0.717) is 30.0 Å². The van der Waals surface area contributed by atoms with Crippen LogP contribution in [0.5, 0.6) is 5.75 Å². The minimum absolute atomic E-state index is 0.0218. The van der Waals surface area contributed by atoms with E-state index in [-0.39, 0.29) is 11.5 Å². The molecular formula is C26H29N3O3S2. The van der Waals surface area contributed by atoms with E-state index in [1.54, 1.807) is 28.7 Å². The molecule has 2 aromatic heterocycles. The second kappa shape index (κ2) is 11.0. The summed E-state index contributed by atoms with van der Waals surface area (Å²) >= 11 is 3.18. The highest BCUT2D eigenvalue weighted by atomic mass is 32.1. The van der Waals surface area contributed by atoms with E-state index in [1.807, 2.05) is 48.7 Å². The molecule has 0 radical (unpaired) electrons. The molecule has 1 aliphatic heterocycles. The van der Waals surface area contributed by atoms with Crippen LogP contribution in [0.1, 0.15) is 42.9 Å². The Morgan fingerprint density at radius 2 is 2.15 bits per heavy atom. The molecule has 0 aliphatic carbocycles. The topological polar surface area (TPSA) is 83.8 Å². The predicted molar refractivity (Wildman–Crippen MR) is 141 cm³/mol. The van der Waals surface area contributed by atoms with Crippen LogP contribution < -0.4 is 10.1 Å². The maximum absolute atomic E-state index is 12.0. The van der Waals surface area contributed by atoms with E-state index in [9.17, 15) is 9.90 Å². The van der Waals surface area contributed by atoms with Crippen LogP contribution in [-0.4, -0.2) is 35.0 Å². The zero-order valence-electron chi connectivity index (χ0n) is 19.6. The van der Waals surface area contributed by atoms with Crippen LogP contribution in [0.2, 0.25) is 0 Å². The summed E-state index contributed by atoms with van der Waals surface area (Å²) in [5.41, 5.74) is 2.08. The van der Waals surface area contributed by atoms with E-state index in [0.717, 1.165) is 34.7 Å². The van der Waals surface area contributed by atoms with Gasteiger partial charge in [0.15, 0.2) is 5.13 Å².